The van der Waals surface area contributed by atoms with Crippen molar-refractivity contribution in [3.8, 4) is 0 Å². The number of nitrogens with zero attached hydrogens (tertiary/aromatic N) is 1. The SMILES string of the molecule is CCCCN(CCCC)C(=O)N[C@@H](C)C(=O)O. The number of carbonyl (C=O) groups is 2. The Bertz CT molecular complexity index is 236. The van der Waals surface area contributed by atoms with E-state index >= 15 is 0 Å². The number of hydrogen-bond donors (Lipinski definition) is 2. The Labute approximate surface area is 103 Å². The Morgan fingerprint density at radius 2 is 1.65 bits per heavy atom. The van der Waals surface area contributed by atoms with E-state index in [1.165, 1.54) is 6.92 Å². The van der Waals surface area contributed by atoms with Crippen LogP contribution in [0.15, 0.2) is 0 Å². The highest BCUT2D eigenvalue weighted by Gasteiger charge is 2.18. The number of urea groups is 1. The van der Waals surface area contributed by atoms with Crippen molar-refractivity contribution in [2.45, 2.75) is 52.5 Å². The van der Waals surface area contributed by atoms with Crippen LogP contribution in [-0.2, 0) is 4.79 Å². The monoisotopic (exact) mass is 244 g/mol. The molecule has 0 aromatic heterocycles. The molecule has 100 valence electrons. The molecule has 0 saturated carbocycles. The van der Waals surface area contributed by atoms with Crippen molar-refractivity contribution in [3.63, 3.8) is 0 Å². The summed E-state index contributed by atoms with van der Waals surface area (Å²) in [5, 5.41) is 11.2. The van der Waals surface area contributed by atoms with Gasteiger partial charge in [0.25, 0.3) is 0 Å². The van der Waals surface area contributed by atoms with Crippen molar-refractivity contribution in [2.24, 2.45) is 0 Å². The maximum atomic E-state index is 11.8. The van der Waals surface area contributed by atoms with Crippen LogP contribution in [0.1, 0.15) is 46.5 Å². The largest absolute Gasteiger partial charge is 0.480 e. The lowest BCUT2D eigenvalue weighted by Gasteiger charge is -2.24. The van der Waals surface area contributed by atoms with E-state index in [4.69, 9.17) is 5.11 Å². The number of amides is 2. The van der Waals surface area contributed by atoms with Gasteiger partial charge in [0, 0.05) is 13.1 Å². The molecule has 2 N–H and O–H groups in total. The summed E-state index contributed by atoms with van der Waals surface area (Å²) >= 11 is 0. The standard InChI is InChI=1S/C12H24N2O3/c1-4-6-8-14(9-7-5-2)12(17)13-10(3)11(15)16/h10H,4-9H2,1-3H3,(H,13,17)(H,15,16)/t10-/m0/s1. The van der Waals surface area contributed by atoms with Gasteiger partial charge >= 0.3 is 12.0 Å². The molecule has 0 aliphatic rings. The molecule has 0 heterocycles. The van der Waals surface area contributed by atoms with E-state index in [0.717, 1.165) is 25.7 Å². The summed E-state index contributed by atoms with van der Waals surface area (Å²) in [7, 11) is 0. The molecule has 0 radical (unpaired) electrons. The predicted octanol–water partition coefficient (Wildman–Crippen LogP) is 2.07. The number of aliphatic carboxylic acids is 1. The highest BCUT2D eigenvalue weighted by atomic mass is 16.4. The second kappa shape index (κ2) is 8.84. The normalized spacial score (nSPS) is 11.9. The first-order chi connectivity index (χ1) is 8.02. The Kier molecular flexibility index (Phi) is 8.19. The van der Waals surface area contributed by atoms with Crippen molar-refractivity contribution >= 4 is 12.0 Å². The second-order valence-electron chi connectivity index (χ2n) is 4.20. The van der Waals surface area contributed by atoms with Crippen LogP contribution in [0.3, 0.4) is 0 Å². The topological polar surface area (TPSA) is 69.6 Å². The smallest absolute Gasteiger partial charge is 0.325 e. The Morgan fingerprint density at radius 3 is 2.00 bits per heavy atom. The third-order valence-electron chi connectivity index (χ3n) is 2.56. The van der Waals surface area contributed by atoms with Gasteiger partial charge in [-0.3, -0.25) is 4.79 Å². The van der Waals surface area contributed by atoms with Gasteiger partial charge in [0.15, 0.2) is 0 Å². The van der Waals surface area contributed by atoms with Gasteiger partial charge in [-0.05, 0) is 19.8 Å². The lowest BCUT2D eigenvalue weighted by molar-refractivity contribution is -0.138. The molecule has 0 aliphatic heterocycles. The zero-order valence-electron chi connectivity index (χ0n) is 11.0. The number of carbonyl (C=O) groups excluding carboxylic acids is 1. The summed E-state index contributed by atoms with van der Waals surface area (Å²) in [6.07, 6.45) is 3.92. The van der Waals surface area contributed by atoms with Crippen molar-refractivity contribution in [2.75, 3.05) is 13.1 Å². The molecule has 0 aliphatic carbocycles. The molecule has 0 saturated heterocycles. The molecule has 0 aromatic carbocycles. The number of rotatable bonds is 8. The number of carboxylic acid groups (broad SMARTS) is 1. The van der Waals surface area contributed by atoms with E-state index in [2.05, 4.69) is 19.2 Å². The van der Waals surface area contributed by atoms with Crippen LogP contribution in [0.4, 0.5) is 4.79 Å². The number of carboxylic acids is 1. The average Bonchev–Trinajstić information content (AvgIpc) is 2.28. The van der Waals surface area contributed by atoms with Gasteiger partial charge in [-0.2, -0.15) is 0 Å². The van der Waals surface area contributed by atoms with Crippen molar-refractivity contribution < 1.29 is 14.7 Å². The summed E-state index contributed by atoms with van der Waals surface area (Å²) in [5.41, 5.74) is 0. The second-order valence-corrected chi connectivity index (χ2v) is 4.20. The zero-order chi connectivity index (χ0) is 13.3. The van der Waals surface area contributed by atoms with E-state index < -0.39 is 12.0 Å². The molecule has 0 spiro atoms. The zero-order valence-corrected chi connectivity index (χ0v) is 11.0. The molecule has 0 unspecified atom stereocenters. The maximum absolute atomic E-state index is 11.8. The summed E-state index contributed by atoms with van der Waals surface area (Å²) < 4.78 is 0. The highest BCUT2D eigenvalue weighted by Crippen LogP contribution is 2.00. The molecular weight excluding hydrogens is 220 g/mol. The van der Waals surface area contributed by atoms with Crippen LogP contribution in [0, 0.1) is 0 Å². The number of unbranched alkanes of at least 4 members (excludes halogenated alkanes) is 2. The predicted molar refractivity (Wildman–Crippen MR) is 67.0 cm³/mol. The quantitative estimate of drug-likeness (QED) is 0.686. The number of hydrogen-bond acceptors (Lipinski definition) is 2. The third-order valence-corrected chi connectivity index (χ3v) is 2.56. The van der Waals surface area contributed by atoms with Crippen LogP contribution in [-0.4, -0.2) is 41.1 Å². The molecule has 0 rings (SSSR count). The van der Waals surface area contributed by atoms with E-state index in [0.29, 0.717) is 13.1 Å². The summed E-state index contributed by atoms with van der Waals surface area (Å²) in [6.45, 7) is 6.98. The molecule has 2 amide bonds. The van der Waals surface area contributed by atoms with Gasteiger partial charge in [0.05, 0.1) is 0 Å². The van der Waals surface area contributed by atoms with E-state index in [9.17, 15) is 9.59 Å². The Morgan fingerprint density at radius 1 is 1.18 bits per heavy atom. The fraction of sp³-hybridized carbons (Fsp3) is 0.833. The van der Waals surface area contributed by atoms with Gasteiger partial charge < -0.3 is 15.3 Å². The molecule has 1 atom stereocenters. The van der Waals surface area contributed by atoms with Gasteiger partial charge in [-0.1, -0.05) is 26.7 Å². The minimum atomic E-state index is -1.01. The lowest BCUT2D eigenvalue weighted by Crippen LogP contribution is -2.47. The highest BCUT2D eigenvalue weighted by molar-refractivity contribution is 5.82. The van der Waals surface area contributed by atoms with Crippen LogP contribution >= 0.6 is 0 Å². The van der Waals surface area contributed by atoms with Crippen molar-refractivity contribution in [1.82, 2.24) is 10.2 Å². The fourth-order valence-electron chi connectivity index (χ4n) is 1.35. The first kappa shape index (κ1) is 15.7. The lowest BCUT2D eigenvalue weighted by atomic mass is 10.2. The first-order valence-electron chi connectivity index (χ1n) is 6.31. The van der Waals surface area contributed by atoms with Crippen LogP contribution in [0.2, 0.25) is 0 Å². The summed E-state index contributed by atoms with van der Waals surface area (Å²) in [6, 6.07) is -1.12. The third kappa shape index (κ3) is 6.81. The van der Waals surface area contributed by atoms with Gasteiger partial charge in [0.1, 0.15) is 6.04 Å². The number of nitrogens with one attached hydrogen (secondary N) is 1. The first-order valence-corrected chi connectivity index (χ1v) is 6.31. The molecular formula is C12H24N2O3. The molecule has 0 bridgehead atoms. The van der Waals surface area contributed by atoms with Gasteiger partial charge in [-0.15, -0.1) is 0 Å². The van der Waals surface area contributed by atoms with E-state index in [1.54, 1.807) is 4.90 Å². The van der Waals surface area contributed by atoms with Crippen LogP contribution in [0.25, 0.3) is 0 Å². The minimum absolute atomic E-state index is 0.276. The van der Waals surface area contributed by atoms with Crippen LogP contribution < -0.4 is 5.32 Å². The van der Waals surface area contributed by atoms with Crippen molar-refractivity contribution in [1.29, 1.82) is 0 Å². The van der Waals surface area contributed by atoms with Crippen molar-refractivity contribution in [3.05, 3.63) is 0 Å². The Hall–Kier alpha value is -1.26. The average molecular weight is 244 g/mol. The van der Waals surface area contributed by atoms with Gasteiger partial charge in [0.2, 0.25) is 0 Å². The fourth-order valence-corrected chi connectivity index (χ4v) is 1.35. The van der Waals surface area contributed by atoms with Crippen LogP contribution in [0.5, 0.6) is 0 Å². The van der Waals surface area contributed by atoms with E-state index in [1.807, 2.05) is 0 Å². The summed E-state index contributed by atoms with van der Waals surface area (Å²) in [5.74, 6) is -1.01. The summed E-state index contributed by atoms with van der Waals surface area (Å²) in [4.78, 5) is 24.2. The maximum Gasteiger partial charge on any atom is 0.325 e. The molecule has 0 fully saturated rings. The molecule has 0 aromatic rings. The molecule has 5 heteroatoms. The molecule has 5 nitrogen and oxygen atoms in total. The molecule has 17 heavy (non-hydrogen) atoms. The van der Waals surface area contributed by atoms with Gasteiger partial charge in [-0.25, -0.2) is 4.79 Å². The Balaban J connectivity index is 4.24. The minimum Gasteiger partial charge on any atom is -0.480 e. The van der Waals surface area contributed by atoms with E-state index in [-0.39, 0.29) is 6.03 Å².